The monoisotopic (exact) mass is 193 g/mol. The van der Waals surface area contributed by atoms with Crippen molar-refractivity contribution in [1.29, 1.82) is 0 Å². The molecule has 0 amide bonds. The SMILES string of the molecule is N[C@@H](c1cccnc1[N+](=O)[O-])C1CC1. The van der Waals surface area contributed by atoms with Crippen LogP contribution in [-0.2, 0) is 0 Å². The van der Waals surface area contributed by atoms with Gasteiger partial charge in [0.2, 0.25) is 0 Å². The van der Waals surface area contributed by atoms with E-state index in [2.05, 4.69) is 4.98 Å². The van der Waals surface area contributed by atoms with Crippen molar-refractivity contribution in [3.8, 4) is 0 Å². The van der Waals surface area contributed by atoms with Crippen molar-refractivity contribution in [1.82, 2.24) is 4.98 Å². The average molecular weight is 193 g/mol. The molecule has 0 radical (unpaired) electrons. The number of pyridine rings is 1. The predicted octanol–water partition coefficient (Wildman–Crippen LogP) is 1.40. The van der Waals surface area contributed by atoms with Crippen LogP contribution in [0.25, 0.3) is 0 Å². The van der Waals surface area contributed by atoms with Crippen LogP contribution in [0.1, 0.15) is 24.4 Å². The second kappa shape index (κ2) is 3.34. The van der Waals surface area contributed by atoms with Crippen LogP contribution < -0.4 is 5.73 Å². The summed E-state index contributed by atoms with van der Waals surface area (Å²) >= 11 is 0. The first-order valence-corrected chi connectivity index (χ1v) is 4.55. The average Bonchev–Trinajstić information content (AvgIpc) is 3.00. The van der Waals surface area contributed by atoms with Gasteiger partial charge in [0.15, 0.2) is 0 Å². The number of nitrogens with two attached hydrogens (primary N) is 1. The lowest BCUT2D eigenvalue weighted by atomic mass is 10.0. The first-order chi connectivity index (χ1) is 6.70. The fourth-order valence-electron chi connectivity index (χ4n) is 1.53. The van der Waals surface area contributed by atoms with Crippen LogP contribution >= 0.6 is 0 Å². The minimum atomic E-state index is -0.475. The number of nitro groups is 1. The van der Waals surface area contributed by atoms with Crippen molar-refractivity contribution < 1.29 is 4.92 Å². The Hall–Kier alpha value is -1.49. The third kappa shape index (κ3) is 1.58. The van der Waals surface area contributed by atoms with Gasteiger partial charge in [-0.05, 0) is 40.8 Å². The summed E-state index contributed by atoms with van der Waals surface area (Å²) in [5, 5.41) is 10.7. The maximum absolute atomic E-state index is 10.7. The van der Waals surface area contributed by atoms with Crippen LogP contribution in [0.5, 0.6) is 0 Å². The lowest BCUT2D eigenvalue weighted by molar-refractivity contribution is -0.390. The number of aromatic nitrogens is 1. The molecular weight excluding hydrogens is 182 g/mol. The molecule has 2 rings (SSSR count). The van der Waals surface area contributed by atoms with Gasteiger partial charge in [0.1, 0.15) is 6.20 Å². The summed E-state index contributed by atoms with van der Waals surface area (Å²) in [6.07, 6.45) is 3.54. The van der Waals surface area contributed by atoms with E-state index in [9.17, 15) is 10.1 Å². The fourth-order valence-corrected chi connectivity index (χ4v) is 1.53. The molecule has 0 aromatic carbocycles. The molecule has 1 aliphatic rings. The zero-order valence-corrected chi connectivity index (χ0v) is 7.59. The molecule has 5 heteroatoms. The van der Waals surface area contributed by atoms with Crippen LogP contribution in [0, 0.1) is 16.0 Å². The Balaban J connectivity index is 2.34. The molecule has 1 fully saturated rings. The fraction of sp³-hybridized carbons (Fsp3) is 0.444. The number of hydrogen-bond acceptors (Lipinski definition) is 4. The topological polar surface area (TPSA) is 82.0 Å². The second-order valence-electron chi connectivity index (χ2n) is 3.54. The molecule has 0 spiro atoms. The quantitative estimate of drug-likeness (QED) is 0.581. The summed E-state index contributed by atoms with van der Waals surface area (Å²) in [5.41, 5.74) is 6.45. The van der Waals surface area contributed by atoms with E-state index in [1.54, 1.807) is 12.1 Å². The summed E-state index contributed by atoms with van der Waals surface area (Å²) in [7, 11) is 0. The Kier molecular flexibility index (Phi) is 2.17. The zero-order valence-electron chi connectivity index (χ0n) is 7.59. The van der Waals surface area contributed by atoms with Crippen LogP contribution in [0.4, 0.5) is 5.82 Å². The first-order valence-electron chi connectivity index (χ1n) is 4.55. The van der Waals surface area contributed by atoms with Crippen LogP contribution in [0.2, 0.25) is 0 Å². The largest absolute Gasteiger partial charge is 0.368 e. The minimum absolute atomic E-state index is 0.105. The lowest BCUT2D eigenvalue weighted by Gasteiger charge is -2.09. The van der Waals surface area contributed by atoms with Gasteiger partial charge in [0.05, 0.1) is 5.56 Å². The molecule has 14 heavy (non-hydrogen) atoms. The number of nitrogens with zero attached hydrogens (tertiary/aromatic N) is 2. The third-order valence-corrected chi connectivity index (χ3v) is 2.48. The van der Waals surface area contributed by atoms with Crippen LogP contribution in [-0.4, -0.2) is 9.91 Å². The van der Waals surface area contributed by atoms with Crippen molar-refractivity contribution in [2.24, 2.45) is 11.7 Å². The molecule has 1 aliphatic carbocycles. The summed E-state index contributed by atoms with van der Waals surface area (Å²) in [4.78, 5) is 13.9. The lowest BCUT2D eigenvalue weighted by Crippen LogP contribution is -2.14. The molecule has 0 bridgehead atoms. The minimum Gasteiger partial charge on any atom is -0.358 e. The van der Waals surface area contributed by atoms with E-state index in [0.717, 1.165) is 12.8 Å². The summed E-state index contributed by atoms with van der Waals surface area (Å²) in [6, 6.07) is 3.14. The normalized spacial score (nSPS) is 17.8. The first kappa shape index (κ1) is 9.08. The second-order valence-corrected chi connectivity index (χ2v) is 3.54. The van der Waals surface area contributed by atoms with E-state index in [1.165, 1.54) is 6.20 Å². The highest BCUT2D eigenvalue weighted by atomic mass is 16.6. The van der Waals surface area contributed by atoms with E-state index in [-0.39, 0.29) is 11.9 Å². The molecule has 1 aromatic heterocycles. The van der Waals surface area contributed by atoms with E-state index < -0.39 is 4.92 Å². The molecule has 5 nitrogen and oxygen atoms in total. The predicted molar refractivity (Wildman–Crippen MR) is 50.5 cm³/mol. The summed E-state index contributed by atoms with van der Waals surface area (Å²) in [5.74, 6) is 0.296. The Labute approximate surface area is 81.1 Å². The van der Waals surface area contributed by atoms with Gasteiger partial charge >= 0.3 is 5.82 Å². The molecule has 0 saturated heterocycles. The maximum atomic E-state index is 10.7. The molecule has 1 aromatic rings. The standard InChI is InChI=1S/C9H11N3O2/c10-8(6-3-4-6)7-2-1-5-11-9(7)12(13)14/h1-2,5-6,8H,3-4,10H2/t8-/m1/s1. The summed E-state index contributed by atoms with van der Waals surface area (Å²) < 4.78 is 0. The smallest absolute Gasteiger partial charge is 0.358 e. The van der Waals surface area contributed by atoms with Crippen LogP contribution in [0.15, 0.2) is 18.3 Å². The van der Waals surface area contributed by atoms with Gasteiger partial charge in [0.25, 0.3) is 0 Å². The Morgan fingerprint density at radius 3 is 2.93 bits per heavy atom. The van der Waals surface area contributed by atoms with E-state index in [1.807, 2.05) is 0 Å². The number of rotatable bonds is 3. The molecular formula is C9H11N3O2. The van der Waals surface area contributed by atoms with Crippen molar-refractivity contribution in [2.75, 3.05) is 0 Å². The third-order valence-electron chi connectivity index (χ3n) is 2.48. The Morgan fingerprint density at radius 1 is 1.64 bits per heavy atom. The highest BCUT2D eigenvalue weighted by Gasteiger charge is 2.33. The van der Waals surface area contributed by atoms with Crippen molar-refractivity contribution in [3.05, 3.63) is 34.0 Å². The Morgan fingerprint density at radius 2 is 2.36 bits per heavy atom. The highest BCUT2D eigenvalue weighted by Crippen LogP contribution is 2.41. The maximum Gasteiger partial charge on any atom is 0.368 e. The zero-order chi connectivity index (χ0) is 10.1. The molecule has 1 atom stereocenters. The van der Waals surface area contributed by atoms with Gasteiger partial charge in [-0.15, -0.1) is 0 Å². The van der Waals surface area contributed by atoms with E-state index in [0.29, 0.717) is 11.5 Å². The van der Waals surface area contributed by atoms with Gasteiger partial charge in [-0.3, -0.25) is 0 Å². The van der Waals surface area contributed by atoms with Crippen LogP contribution in [0.3, 0.4) is 0 Å². The Bertz CT molecular complexity index is 363. The molecule has 1 saturated carbocycles. The van der Waals surface area contributed by atoms with Gasteiger partial charge < -0.3 is 15.8 Å². The molecule has 74 valence electrons. The van der Waals surface area contributed by atoms with Gasteiger partial charge in [-0.1, -0.05) is 0 Å². The summed E-state index contributed by atoms with van der Waals surface area (Å²) in [6.45, 7) is 0. The molecule has 2 N–H and O–H groups in total. The molecule has 0 aliphatic heterocycles. The van der Waals surface area contributed by atoms with Gasteiger partial charge in [-0.25, -0.2) is 0 Å². The number of hydrogen-bond donors (Lipinski definition) is 1. The van der Waals surface area contributed by atoms with Crippen molar-refractivity contribution >= 4 is 5.82 Å². The van der Waals surface area contributed by atoms with E-state index in [4.69, 9.17) is 5.73 Å². The van der Waals surface area contributed by atoms with Gasteiger partial charge in [0, 0.05) is 6.04 Å². The van der Waals surface area contributed by atoms with Crippen molar-refractivity contribution in [3.63, 3.8) is 0 Å². The molecule has 0 unspecified atom stereocenters. The van der Waals surface area contributed by atoms with Gasteiger partial charge in [-0.2, -0.15) is 0 Å². The highest BCUT2D eigenvalue weighted by molar-refractivity contribution is 5.35. The van der Waals surface area contributed by atoms with Crippen molar-refractivity contribution in [2.45, 2.75) is 18.9 Å². The van der Waals surface area contributed by atoms with E-state index >= 15 is 0 Å². The molecule has 1 heterocycles.